The molecule has 0 radical (unpaired) electrons. The van der Waals surface area contributed by atoms with Crippen LogP contribution in [0.5, 0.6) is 0 Å². The van der Waals surface area contributed by atoms with E-state index in [1.807, 2.05) is 30.7 Å². The van der Waals surface area contributed by atoms with Crippen LogP contribution in [0.1, 0.15) is 17.1 Å². The number of hydrogen-bond acceptors (Lipinski definition) is 8. The maximum Gasteiger partial charge on any atom is 0.203 e. The van der Waals surface area contributed by atoms with E-state index in [4.69, 9.17) is 4.98 Å². The lowest BCUT2D eigenvalue weighted by atomic mass is 10.1. The number of hydrogen-bond donors (Lipinski definition) is 0. The molecule has 4 rings (SSSR count). The number of thioether (sulfide) groups is 1. The monoisotopic (exact) mass is 370 g/mol. The molecular weight excluding hydrogens is 348 g/mol. The zero-order chi connectivity index (χ0) is 18.4. The van der Waals surface area contributed by atoms with Gasteiger partial charge in [0, 0.05) is 43.8 Å². The summed E-state index contributed by atoms with van der Waals surface area (Å²) in [4.78, 5) is 18.3. The van der Waals surface area contributed by atoms with Crippen LogP contribution in [0.15, 0.2) is 17.6 Å². The van der Waals surface area contributed by atoms with E-state index in [1.165, 1.54) is 0 Å². The summed E-state index contributed by atoms with van der Waals surface area (Å²) < 4.78 is 1.97. The minimum atomic E-state index is 0.379. The van der Waals surface area contributed by atoms with Crippen molar-refractivity contribution in [1.82, 2.24) is 29.5 Å². The van der Waals surface area contributed by atoms with Crippen molar-refractivity contribution in [2.24, 2.45) is 0 Å². The van der Waals surface area contributed by atoms with Gasteiger partial charge in [-0.3, -0.25) is 4.40 Å². The summed E-state index contributed by atoms with van der Waals surface area (Å²) in [5.74, 6) is 2.77. The van der Waals surface area contributed by atoms with Crippen LogP contribution in [0.3, 0.4) is 0 Å². The lowest BCUT2D eigenvalue weighted by Gasteiger charge is -2.45. The van der Waals surface area contributed by atoms with Crippen LogP contribution >= 0.6 is 11.8 Å². The fourth-order valence-electron chi connectivity index (χ4n) is 3.22. The molecule has 0 spiro atoms. The Morgan fingerprint density at radius 1 is 1.15 bits per heavy atom. The quantitative estimate of drug-likeness (QED) is 0.509. The van der Waals surface area contributed by atoms with Crippen molar-refractivity contribution in [3.63, 3.8) is 0 Å². The van der Waals surface area contributed by atoms with E-state index in [9.17, 15) is 0 Å². The van der Waals surface area contributed by atoms with Gasteiger partial charge < -0.3 is 9.80 Å². The lowest BCUT2D eigenvalue weighted by Crippen LogP contribution is -2.59. The van der Waals surface area contributed by atoms with E-state index in [0.717, 1.165) is 52.6 Å². The third-order valence-corrected chi connectivity index (χ3v) is 5.60. The van der Waals surface area contributed by atoms with Crippen molar-refractivity contribution in [2.45, 2.75) is 32.0 Å². The van der Waals surface area contributed by atoms with Crippen molar-refractivity contribution in [1.29, 1.82) is 0 Å². The molecule has 9 heteroatoms. The van der Waals surface area contributed by atoms with E-state index >= 15 is 0 Å². The molecule has 4 heterocycles. The van der Waals surface area contributed by atoms with E-state index in [-0.39, 0.29) is 0 Å². The number of rotatable bonds is 4. The van der Waals surface area contributed by atoms with E-state index in [1.54, 1.807) is 18.0 Å². The normalized spacial score (nSPS) is 14.7. The molecule has 1 aliphatic rings. The average Bonchev–Trinajstić information content (AvgIpc) is 2.98. The molecule has 0 saturated carbocycles. The van der Waals surface area contributed by atoms with Gasteiger partial charge in [0.25, 0.3) is 0 Å². The number of aryl methyl sites for hydroxylation is 2. The number of nitrogens with zero attached hydrogens (tertiary/aromatic N) is 8. The second kappa shape index (κ2) is 6.39. The smallest absolute Gasteiger partial charge is 0.203 e. The first-order valence-electron chi connectivity index (χ1n) is 8.53. The van der Waals surface area contributed by atoms with Crippen molar-refractivity contribution in [3.8, 4) is 0 Å². The molecule has 8 nitrogen and oxygen atoms in total. The van der Waals surface area contributed by atoms with Crippen molar-refractivity contribution >= 4 is 29.0 Å². The molecule has 3 aromatic rings. The maximum atomic E-state index is 4.72. The van der Waals surface area contributed by atoms with Crippen LogP contribution in [-0.4, -0.2) is 62.0 Å². The van der Waals surface area contributed by atoms with Crippen LogP contribution in [-0.2, 0) is 0 Å². The Labute approximate surface area is 156 Å². The minimum absolute atomic E-state index is 0.379. The largest absolute Gasteiger partial charge is 0.353 e. The van der Waals surface area contributed by atoms with Crippen LogP contribution < -0.4 is 9.80 Å². The van der Waals surface area contributed by atoms with Crippen LogP contribution in [0, 0.1) is 20.8 Å². The van der Waals surface area contributed by atoms with E-state index in [2.05, 4.69) is 43.9 Å². The lowest BCUT2D eigenvalue weighted by molar-refractivity contribution is 0.488. The SMILES string of the molecule is CSc1nc(C)c(C)c(N(C)C2CN(c3nccn4c(C)nnc34)C2)n1. The van der Waals surface area contributed by atoms with Crippen molar-refractivity contribution in [3.05, 3.63) is 29.5 Å². The third-order valence-electron chi connectivity index (χ3n) is 5.05. The van der Waals surface area contributed by atoms with Crippen molar-refractivity contribution < 1.29 is 0 Å². The van der Waals surface area contributed by atoms with Crippen LogP contribution in [0.2, 0.25) is 0 Å². The highest BCUT2D eigenvalue weighted by Gasteiger charge is 2.34. The Morgan fingerprint density at radius 2 is 1.92 bits per heavy atom. The maximum absolute atomic E-state index is 4.72. The predicted octanol–water partition coefficient (Wildman–Crippen LogP) is 1.89. The molecule has 0 aromatic carbocycles. The second-order valence-electron chi connectivity index (χ2n) is 6.61. The summed E-state index contributed by atoms with van der Waals surface area (Å²) >= 11 is 1.57. The number of anilines is 2. The van der Waals surface area contributed by atoms with Crippen LogP contribution in [0.4, 0.5) is 11.6 Å². The predicted molar refractivity (Wildman–Crippen MR) is 103 cm³/mol. The molecule has 0 amide bonds. The Morgan fingerprint density at radius 3 is 2.65 bits per heavy atom. The second-order valence-corrected chi connectivity index (χ2v) is 7.38. The van der Waals surface area contributed by atoms with Gasteiger partial charge in [0.2, 0.25) is 5.65 Å². The fraction of sp³-hybridized carbons (Fsp3) is 0.471. The molecule has 0 N–H and O–H groups in total. The molecule has 1 saturated heterocycles. The van der Waals surface area contributed by atoms with Gasteiger partial charge in [-0.15, -0.1) is 10.2 Å². The number of likely N-dealkylation sites (N-methyl/N-ethyl adjacent to an activating group) is 1. The highest BCUT2D eigenvalue weighted by molar-refractivity contribution is 7.98. The van der Waals surface area contributed by atoms with Gasteiger partial charge in [0.1, 0.15) is 11.6 Å². The summed E-state index contributed by atoms with van der Waals surface area (Å²) in [5, 5.41) is 9.24. The average molecular weight is 370 g/mol. The standard InChI is InChI=1S/C17H22N8S/c1-10-11(2)19-17(26-5)20-14(10)23(4)13-8-24(9-13)15-16-22-21-12(3)25(16)7-6-18-15/h6-7,13H,8-9H2,1-5H3. The van der Waals surface area contributed by atoms with Gasteiger partial charge in [-0.05, 0) is 27.0 Å². The first kappa shape index (κ1) is 17.0. The van der Waals surface area contributed by atoms with Gasteiger partial charge in [-0.1, -0.05) is 11.8 Å². The summed E-state index contributed by atoms with van der Waals surface area (Å²) in [7, 11) is 2.11. The highest BCUT2D eigenvalue weighted by atomic mass is 32.2. The minimum Gasteiger partial charge on any atom is -0.353 e. The molecule has 26 heavy (non-hydrogen) atoms. The third kappa shape index (κ3) is 2.66. The van der Waals surface area contributed by atoms with Gasteiger partial charge in [-0.25, -0.2) is 15.0 Å². The molecule has 1 fully saturated rings. The van der Waals surface area contributed by atoms with Gasteiger partial charge in [-0.2, -0.15) is 0 Å². The number of fused-ring (bicyclic) bond motifs is 1. The molecule has 0 unspecified atom stereocenters. The molecule has 3 aromatic heterocycles. The number of aromatic nitrogens is 6. The molecule has 0 aliphatic carbocycles. The van der Waals surface area contributed by atoms with E-state index < -0.39 is 0 Å². The Hall–Kier alpha value is -2.42. The summed E-state index contributed by atoms with van der Waals surface area (Å²) in [6.07, 6.45) is 5.71. The summed E-state index contributed by atoms with van der Waals surface area (Å²) in [5.41, 5.74) is 2.98. The zero-order valence-electron chi connectivity index (χ0n) is 15.6. The van der Waals surface area contributed by atoms with Gasteiger partial charge >= 0.3 is 0 Å². The van der Waals surface area contributed by atoms with Crippen molar-refractivity contribution in [2.75, 3.05) is 36.2 Å². The topological polar surface area (TPSA) is 75.3 Å². The fourth-order valence-corrected chi connectivity index (χ4v) is 3.63. The molecule has 0 atom stereocenters. The zero-order valence-corrected chi connectivity index (χ0v) is 16.4. The molecular formula is C17H22N8S. The molecule has 0 bridgehead atoms. The summed E-state index contributed by atoms with van der Waals surface area (Å²) in [6.45, 7) is 7.83. The molecule has 1 aliphatic heterocycles. The van der Waals surface area contributed by atoms with E-state index in [0.29, 0.717) is 6.04 Å². The Kier molecular flexibility index (Phi) is 4.18. The van der Waals surface area contributed by atoms with Crippen LogP contribution in [0.25, 0.3) is 5.65 Å². The highest BCUT2D eigenvalue weighted by Crippen LogP contribution is 2.29. The molecule has 136 valence electrons. The first-order valence-corrected chi connectivity index (χ1v) is 9.75. The Balaban J connectivity index is 1.55. The Bertz CT molecular complexity index is 963. The summed E-state index contributed by atoms with van der Waals surface area (Å²) in [6, 6.07) is 0.379. The van der Waals surface area contributed by atoms with Gasteiger partial charge in [0.15, 0.2) is 11.0 Å². The first-order chi connectivity index (χ1) is 12.5. The van der Waals surface area contributed by atoms with Gasteiger partial charge in [0.05, 0.1) is 6.04 Å².